The summed E-state index contributed by atoms with van der Waals surface area (Å²) in [5.41, 5.74) is 7.36. The molecular formula is C14H19N3O2. The lowest BCUT2D eigenvalue weighted by Gasteiger charge is -2.23. The molecule has 0 aliphatic heterocycles. The molecule has 1 aromatic rings. The van der Waals surface area contributed by atoms with Gasteiger partial charge in [0.2, 0.25) is 0 Å². The first-order valence-corrected chi connectivity index (χ1v) is 5.98. The van der Waals surface area contributed by atoms with Crippen molar-refractivity contribution in [3.8, 4) is 6.07 Å². The molecule has 0 heterocycles. The van der Waals surface area contributed by atoms with E-state index >= 15 is 0 Å². The number of rotatable bonds is 5. The minimum Gasteiger partial charge on any atom is -0.465 e. The van der Waals surface area contributed by atoms with Crippen LogP contribution in [0.2, 0.25) is 0 Å². The van der Waals surface area contributed by atoms with Crippen molar-refractivity contribution >= 4 is 17.3 Å². The van der Waals surface area contributed by atoms with Crippen molar-refractivity contribution in [3.05, 3.63) is 23.8 Å². The van der Waals surface area contributed by atoms with Crippen LogP contribution in [0, 0.1) is 16.7 Å². The summed E-state index contributed by atoms with van der Waals surface area (Å²) in [6.07, 6.45) is 0.441. The summed E-state index contributed by atoms with van der Waals surface area (Å²) in [5, 5.41) is 11.9. The van der Waals surface area contributed by atoms with E-state index in [4.69, 9.17) is 11.0 Å². The zero-order valence-corrected chi connectivity index (χ0v) is 11.5. The molecule has 5 nitrogen and oxygen atoms in total. The van der Waals surface area contributed by atoms with Gasteiger partial charge in [-0.25, -0.2) is 4.79 Å². The number of carbonyl (C=O) groups is 1. The first-order valence-electron chi connectivity index (χ1n) is 5.98. The number of benzene rings is 1. The van der Waals surface area contributed by atoms with Gasteiger partial charge in [-0.3, -0.25) is 0 Å². The first kappa shape index (κ1) is 14.8. The number of nitrogens with two attached hydrogens (primary N) is 1. The molecule has 0 atom stereocenters. The number of nitriles is 1. The normalized spacial score (nSPS) is 10.6. The highest BCUT2D eigenvalue weighted by atomic mass is 16.5. The van der Waals surface area contributed by atoms with E-state index in [9.17, 15) is 4.79 Å². The highest BCUT2D eigenvalue weighted by molar-refractivity contribution is 5.91. The Labute approximate surface area is 113 Å². The van der Waals surface area contributed by atoms with Gasteiger partial charge in [-0.2, -0.15) is 5.26 Å². The standard InChI is InChI=1S/C14H19N3O2/c1-14(2,6-7-15)9-17-12-8-10(13(18)19-3)4-5-11(12)16/h4-5,8,17H,6,9,16H2,1-3H3. The minimum absolute atomic E-state index is 0.164. The Morgan fingerprint density at radius 2 is 2.21 bits per heavy atom. The Bertz CT molecular complexity index is 504. The maximum Gasteiger partial charge on any atom is 0.337 e. The molecule has 0 unspecified atom stereocenters. The van der Waals surface area contributed by atoms with E-state index in [1.54, 1.807) is 18.2 Å². The van der Waals surface area contributed by atoms with Gasteiger partial charge in [0.05, 0.1) is 30.1 Å². The van der Waals surface area contributed by atoms with E-state index in [2.05, 4.69) is 16.1 Å². The largest absolute Gasteiger partial charge is 0.465 e. The number of nitrogens with zero attached hydrogens (tertiary/aromatic N) is 1. The third-order valence-corrected chi connectivity index (χ3v) is 2.79. The predicted molar refractivity (Wildman–Crippen MR) is 74.7 cm³/mol. The highest BCUT2D eigenvalue weighted by Crippen LogP contribution is 2.25. The van der Waals surface area contributed by atoms with Gasteiger partial charge >= 0.3 is 5.97 Å². The molecule has 5 heteroatoms. The average Bonchev–Trinajstić information content (AvgIpc) is 2.37. The number of anilines is 2. The number of hydrogen-bond acceptors (Lipinski definition) is 5. The Hall–Kier alpha value is -2.22. The number of esters is 1. The molecule has 0 bridgehead atoms. The van der Waals surface area contributed by atoms with Crippen LogP contribution in [0.4, 0.5) is 11.4 Å². The Morgan fingerprint density at radius 3 is 2.79 bits per heavy atom. The maximum atomic E-state index is 11.4. The number of methoxy groups -OCH3 is 1. The summed E-state index contributed by atoms with van der Waals surface area (Å²) in [6, 6.07) is 7.09. The predicted octanol–water partition coefficient (Wildman–Crippen LogP) is 2.41. The van der Waals surface area contributed by atoms with Crippen molar-refractivity contribution in [2.75, 3.05) is 24.7 Å². The second-order valence-electron chi connectivity index (χ2n) is 5.15. The molecule has 19 heavy (non-hydrogen) atoms. The quantitative estimate of drug-likeness (QED) is 0.627. The monoisotopic (exact) mass is 261 g/mol. The van der Waals surface area contributed by atoms with Gasteiger partial charge < -0.3 is 15.8 Å². The van der Waals surface area contributed by atoms with Crippen LogP contribution >= 0.6 is 0 Å². The van der Waals surface area contributed by atoms with Gasteiger partial charge in [-0.15, -0.1) is 0 Å². The second kappa shape index (κ2) is 6.10. The van der Waals surface area contributed by atoms with Crippen LogP contribution in [-0.2, 0) is 4.74 Å². The van der Waals surface area contributed by atoms with E-state index < -0.39 is 5.97 Å². The van der Waals surface area contributed by atoms with Crippen LogP contribution in [0.1, 0.15) is 30.6 Å². The van der Waals surface area contributed by atoms with Crippen molar-refractivity contribution in [3.63, 3.8) is 0 Å². The summed E-state index contributed by atoms with van der Waals surface area (Å²) in [5.74, 6) is -0.403. The smallest absolute Gasteiger partial charge is 0.337 e. The molecule has 0 spiro atoms. The lowest BCUT2D eigenvalue weighted by molar-refractivity contribution is 0.0601. The van der Waals surface area contributed by atoms with Crippen LogP contribution in [0.15, 0.2) is 18.2 Å². The Kier molecular flexibility index (Phi) is 4.76. The molecule has 0 amide bonds. The van der Waals surface area contributed by atoms with Crippen LogP contribution in [-0.4, -0.2) is 19.6 Å². The number of nitrogens with one attached hydrogen (secondary N) is 1. The van der Waals surface area contributed by atoms with E-state index in [-0.39, 0.29) is 5.41 Å². The fourth-order valence-electron chi connectivity index (χ4n) is 1.57. The van der Waals surface area contributed by atoms with Gasteiger partial charge in [-0.1, -0.05) is 13.8 Å². The molecule has 0 aliphatic carbocycles. The molecule has 0 aliphatic rings. The molecule has 0 fully saturated rings. The zero-order chi connectivity index (χ0) is 14.5. The van der Waals surface area contributed by atoms with Gasteiger partial charge in [0, 0.05) is 13.0 Å². The molecule has 3 N–H and O–H groups in total. The van der Waals surface area contributed by atoms with E-state index in [0.717, 1.165) is 0 Å². The SMILES string of the molecule is COC(=O)c1ccc(N)c(NCC(C)(C)CC#N)c1. The number of carbonyl (C=O) groups excluding carboxylic acids is 1. The maximum absolute atomic E-state index is 11.4. The van der Waals surface area contributed by atoms with Crippen molar-refractivity contribution in [1.82, 2.24) is 0 Å². The van der Waals surface area contributed by atoms with Crippen LogP contribution in [0.25, 0.3) is 0 Å². The lowest BCUT2D eigenvalue weighted by Crippen LogP contribution is -2.23. The van der Waals surface area contributed by atoms with Crippen LogP contribution in [0.5, 0.6) is 0 Å². The van der Waals surface area contributed by atoms with Gasteiger partial charge in [0.15, 0.2) is 0 Å². The van der Waals surface area contributed by atoms with E-state index in [1.165, 1.54) is 7.11 Å². The summed E-state index contributed by atoms with van der Waals surface area (Å²) >= 11 is 0. The molecule has 102 valence electrons. The fourth-order valence-corrected chi connectivity index (χ4v) is 1.57. The summed E-state index contributed by atoms with van der Waals surface area (Å²) in [4.78, 5) is 11.4. The number of nitrogen functional groups attached to an aromatic ring is 1. The average molecular weight is 261 g/mol. The zero-order valence-electron chi connectivity index (χ0n) is 11.5. The van der Waals surface area contributed by atoms with E-state index in [0.29, 0.717) is 29.9 Å². The first-order chi connectivity index (χ1) is 8.89. The topological polar surface area (TPSA) is 88.1 Å². The molecule has 0 radical (unpaired) electrons. The van der Waals surface area contributed by atoms with Crippen molar-refractivity contribution in [1.29, 1.82) is 5.26 Å². The Morgan fingerprint density at radius 1 is 1.53 bits per heavy atom. The van der Waals surface area contributed by atoms with Gasteiger partial charge in [0.25, 0.3) is 0 Å². The minimum atomic E-state index is -0.403. The van der Waals surface area contributed by atoms with Crippen molar-refractivity contribution in [2.45, 2.75) is 20.3 Å². The molecule has 0 saturated heterocycles. The van der Waals surface area contributed by atoms with Gasteiger partial charge in [0.1, 0.15) is 0 Å². The lowest BCUT2D eigenvalue weighted by atomic mass is 9.90. The highest BCUT2D eigenvalue weighted by Gasteiger charge is 2.18. The molecular weight excluding hydrogens is 242 g/mol. The van der Waals surface area contributed by atoms with E-state index in [1.807, 2.05) is 13.8 Å². The van der Waals surface area contributed by atoms with Crippen LogP contribution < -0.4 is 11.1 Å². The summed E-state index contributed by atoms with van der Waals surface area (Å²) < 4.78 is 4.66. The van der Waals surface area contributed by atoms with Gasteiger partial charge in [-0.05, 0) is 23.6 Å². The second-order valence-corrected chi connectivity index (χ2v) is 5.15. The Balaban J connectivity index is 2.84. The summed E-state index contributed by atoms with van der Waals surface area (Å²) in [6.45, 7) is 4.57. The molecule has 0 saturated carbocycles. The fraction of sp³-hybridized carbons (Fsp3) is 0.429. The number of hydrogen-bond donors (Lipinski definition) is 2. The van der Waals surface area contributed by atoms with Crippen molar-refractivity contribution in [2.24, 2.45) is 5.41 Å². The molecule has 0 aromatic heterocycles. The summed E-state index contributed by atoms with van der Waals surface area (Å²) in [7, 11) is 1.34. The third kappa shape index (κ3) is 4.18. The van der Waals surface area contributed by atoms with Crippen molar-refractivity contribution < 1.29 is 9.53 Å². The van der Waals surface area contributed by atoms with Crippen LogP contribution in [0.3, 0.4) is 0 Å². The molecule has 1 aromatic carbocycles. The molecule has 1 rings (SSSR count). The third-order valence-electron chi connectivity index (χ3n) is 2.79. The number of ether oxygens (including phenoxy) is 1.